The van der Waals surface area contributed by atoms with Gasteiger partial charge in [0.2, 0.25) is 10.0 Å². The molecule has 0 unspecified atom stereocenters. The highest BCUT2D eigenvalue weighted by Gasteiger charge is 2.32. The Morgan fingerprint density at radius 1 is 1.35 bits per heavy atom. The van der Waals surface area contributed by atoms with E-state index in [1.165, 1.54) is 0 Å². The van der Waals surface area contributed by atoms with Gasteiger partial charge >= 0.3 is 0 Å². The number of piperidine rings is 1. The fraction of sp³-hybridized carbons (Fsp3) is 0.467. The van der Waals surface area contributed by atoms with Crippen LogP contribution in [0, 0.1) is 4.77 Å². The molecular weight excluding hydrogens is 332 g/mol. The summed E-state index contributed by atoms with van der Waals surface area (Å²) in [7, 11) is -3.46. The van der Waals surface area contributed by atoms with E-state index in [4.69, 9.17) is 12.2 Å². The first-order valence-corrected chi connectivity index (χ1v) is 9.59. The van der Waals surface area contributed by atoms with E-state index >= 15 is 0 Å². The molecule has 2 aromatic rings. The Kier molecular flexibility index (Phi) is 4.65. The van der Waals surface area contributed by atoms with Gasteiger partial charge in [0.15, 0.2) is 4.77 Å². The smallest absolute Gasteiger partial charge is 0.243 e. The van der Waals surface area contributed by atoms with Crippen molar-refractivity contribution in [3.05, 3.63) is 40.9 Å². The molecule has 3 rings (SSSR count). The molecule has 6 nitrogen and oxygen atoms in total. The van der Waals surface area contributed by atoms with Crippen LogP contribution in [0.1, 0.15) is 31.5 Å². The van der Waals surface area contributed by atoms with E-state index in [0.29, 0.717) is 22.8 Å². The average Bonchev–Trinajstić information content (AvgIpc) is 2.96. The highest BCUT2D eigenvalue weighted by molar-refractivity contribution is 7.89. The van der Waals surface area contributed by atoms with E-state index in [-0.39, 0.29) is 5.92 Å². The molecule has 1 saturated heterocycles. The minimum absolute atomic E-state index is 0.0649. The van der Waals surface area contributed by atoms with Gasteiger partial charge in [-0.05, 0) is 44.1 Å². The van der Waals surface area contributed by atoms with Gasteiger partial charge in [0.05, 0.1) is 4.90 Å². The molecule has 1 N–H and O–H groups in total. The zero-order chi connectivity index (χ0) is 16.4. The monoisotopic (exact) mass is 352 g/mol. The lowest BCUT2D eigenvalue weighted by atomic mass is 9.99. The molecule has 0 saturated carbocycles. The maximum Gasteiger partial charge on any atom is 0.243 e. The van der Waals surface area contributed by atoms with Crippen molar-refractivity contribution in [1.82, 2.24) is 19.1 Å². The van der Waals surface area contributed by atoms with Crippen LogP contribution in [0.3, 0.4) is 0 Å². The first kappa shape index (κ1) is 16.4. The Bertz CT molecular complexity index is 827. The first-order chi connectivity index (χ1) is 11.0. The summed E-state index contributed by atoms with van der Waals surface area (Å²) in [6, 6.07) is 8.59. The molecule has 1 atom stereocenters. The van der Waals surface area contributed by atoms with Crippen LogP contribution in [-0.4, -0.2) is 40.6 Å². The molecule has 8 heteroatoms. The Balaban J connectivity index is 1.88. The van der Waals surface area contributed by atoms with E-state index in [1.807, 2.05) is 17.6 Å². The zero-order valence-corrected chi connectivity index (χ0v) is 14.6. The second kappa shape index (κ2) is 6.54. The summed E-state index contributed by atoms with van der Waals surface area (Å²) < 4.78 is 29.7. The van der Waals surface area contributed by atoms with Crippen LogP contribution in [-0.2, 0) is 16.6 Å². The lowest BCUT2D eigenvalue weighted by Gasteiger charge is -2.31. The topological polar surface area (TPSA) is 71.0 Å². The number of nitrogens with zero attached hydrogens (tertiary/aromatic N) is 3. The van der Waals surface area contributed by atoms with Crippen molar-refractivity contribution in [1.29, 1.82) is 0 Å². The minimum Gasteiger partial charge on any atom is -0.304 e. The average molecular weight is 352 g/mol. The molecular formula is C15H20N4O2S2. The van der Waals surface area contributed by atoms with Crippen molar-refractivity contribution in [3.63, 3.8) is 0 Å². The molecule has 1 aromatic heterocycles. The summed E-state index contributed by atoms with van der Waals surface area (Å²) in [5, 5.41) is 7.14. The molecule has 0 aliphatic carbocycles. The summed E-state index contributed by atoms with van der Waals surface area (Å²) in [4.78, 5) is 0.343. The number of rotatable bonds is 4. The van der Waals surface area contributed by atoms with Gasteiger partial charge in [-0.25, -0.2) is 8.42 Å². The third-order valence-electron chi connectivity index (χ3n) is 4.23. The molecule has 1 aliphatic heterocycles. The summed E-state index contributed by atoms with van der Waals surface area (Å²) in [6.07, 6.45) is 1.74. The first-order valence-electron chi connectivity index (χ1n) is 7.74. The SMILES string of the molecule is CCn1c([C@@H]2CCCN(S(=O)(=O)c3ccccc3)C2)n[nH]c1=S. The van der Waals surface area contributed by atoms with Crippen molar-refractivity contribution < 1.29 is 8.42 Å². The maximum absolute atomic E-state index is 12.8. The molecule has 23 heavy (non-hydrogen) atoms. The summed E-state index contributed by atoms with van der Waals surface area (Å²) in [5.41, 5.74) is 0. The van der Waals surface area contributed by atoms with Gasteiger partial charge < -0.3 is 4.57 Å². The maximum atomic E-state index is 12.8. The molecule has 0 radical (unpaired) electrons. The fourth-order valence-electron chi connectivity index (χ4n) is 3.06. The predicted octanol–water partition coefficient (Wildman–Crippen LogP) is 2.53. The van der Waals surface area contributed by atoms with Crippen molar-refractivity contribution >= 4 is 22.2 Å². The highest BCUT2D eigenvalue weighted by atomic mass is 32.2. The predicted molar refractivity (Wildman–Crippen MR) is 90.3 cm³/mol. The van der Waals surface area contributed by atoms with Crippen LogP contribution in [0.2, 0.25) is 0 Å². The van der Waals surface area contributed by atoms with Crippen LogP contribution in [0.25, 0.3) is 0 Å². The third kappa shape index (κ3) is 3.11. The third-order valence-corrected chi connectivity index (χ3v) is 6.43. The molecule has 0 amide bonds. The summed E-state index contributed by atoms with van der Waals surface area (Å²) in [5.74, 6) is 0.917. The minimum atomic E-state index is -3.46. The Labute approximate surface area is 141 Å². The van der Waals surface area contributed by atoms with E-state index in [0.717, 1.165) is 25.2 Å². The second-order valence-electron chi connectivity index (χ2n) is 5.65. The quantitative estimate of drug-likeness (QED) is 0.859. The Hall–Kier alpha value is -1.51. The van der Waals surface area contributed by atoms with E-state index in [9.17, 15) is 8.42 Å². The molecule has 1 fully saturated rings. The van der Waals surface area contributed by atoms with E-state index in [1.54, 1.807) is 28.6 Å². The number of H-pyrrole nitrogens is 1. The van der Waals surface area contributed by atoms with E-state index < -0.39 is 10.0 Å². The Morgan fingerprint density at radius 3 is 2.78 bits per heavy atom. The molecule has 0 spiro atoms. The lowest BCUT2D eigenvalue weighted by molar-refractivity contribution is 0.304. The normalized spacial score (nSPS) is 19.8. The standard InChI is InChI=1S/C15H20N4O2S2/c1-2-19-14(16-17-15(19)22)12-7-6-10-18(11-12)23(20,21)13-8-4-3-5-9-13/h3-5,8-9,12H,2,6-7,10-11H2,1H3,(H,17,22)/t12-/m1/s1. The van der Waals surface area contributed by atoms with Crippen molar-refractivity contribution in [2.24, 2.45) is 0 Å². The summed E-state index contributed by atoms with van der Waals surface area (Å²) >= 11 is 5.23. The lowest BCUT2D eigenvalue weighted by Crippen LogP contribution is -2.39. The highest BCUT2D eigenvalue weighted by Crippen LogP contribution is 2.29. The van der Waals surface area contributed by atoms with Crippen LogP contribution in [0.4, 0.5) is 0 Å². The van der Waals surface area contributed by atoms with Crippen LogP contribution >= 0.6 is 12.2 Å². The molecule has 0 bridgehead atoms. The van der Waals surface area contributed by atoms with Gasteiger partial charge in [-0.3, -0.25) is 5.10 Å². The fourth-order valence-corrected chi connectivity index (χ4v) is 4.87. The van der Waals surface area contributed by atoms with Crippen molar-refractivity contribution in [3.8, 4) is 0 Å². The largest absolute Gasteiger partial charge is 0.304 e. The van der Waals surface area contributed by atoms with Crippen LogP contribution < -0.4 is 0 Å². The van der Waals surface area contributed by atoms with Gasteiger partial charge in [-0.1, -0.05) is 18.2 Å². The summed E-state index contributed by atoms with van der Waals surface area (Å²) in [6.45, 7) is 3.73. The number of hydrogen-bond donors (Lipinski definition) is 1. The van der Waals surface area contributed by atoms with Gasteiger partial charge in [0, 0.05) is 25.6 Å². The molecule has 1 aromatic carbocycles. The number of benzene rings is 1. The second-order valence-corrected chi connectivity index (χ2v) is 7.97. The number of aromatic nitrogens is 3. The van der Waals surface area contributed by atoms with Gasteiger partial charge in [-0.15, -0.1) is 0 Å². The zero-order valence-electron chi connectivity index (χ0n) is 13.0. The molecule has 1 aliphatic rings. The number of nitrogens with one attached hydrogen (secondary N) is 1. The van der Waals surface area contributed by atoms with Crippen LogP contribution in [0.15, 0.2) is 35.2 Å². The van der Waals surface area contributed by atoms with Gasteiger partial charge in [0.1, 0.15) is 5.82 Å². The van der Waals surface area contributed by atoms with Crippen molar-refractivity contribution in [2.45, 2.75) is 37.1 Å². The van der Waals surface area contributed by atoms with Crippen LogP contribution in [0.5, 0.6) is 0 Å². The number of hydrogen-bond acceptors (Lipinski definition) is 4. The molecule has 124 valence electrons. The van der Waals surface area contributed by atoms with E-state index in [2.05, 4.69) is 10.2 Å². The van der Waals surface area contributed by atoms with Crippen molar-refractivity contribution in [2.75, 3.05) is 13.1 Å². The number of sulfonamides is 1. The molecule has 2 heterocycles. The van der Waals surface area contributed by atoms with Gasteiger partial charge in [0.25, 0.3) is 0 Å². The number of aromatic amines is 1. The Morgan fingerprint density at radius 2 is 2.09 bits per heavy atom. The van der Waals surface area contributed by atoms with Gasteiger partial charge in [-0.2, -0.15) is 9.40 Å².